The minimum Gasteiger partial charge on any atom is -0.300 e. The summed E-state index contributed by atoms with van der Waals surface area (Å²) in [5.41, 5.74) is -1.52. The summed E-state index contributed by atoms with van der Waals surface area (Å²) in [6.07, 6.45) is -4.66. The quantitative estimate of drug-likeness (QED) is 0.708. The van der Waals surface area contributed by atoms with Crippen LogP contribution < -0.4 is 10.0 Å². The molecule has 2 rings (SSSR count). The van der Waals surface area contributed by atoms with Crippen molar-refractivity contribution in [3.8, 4) is 0 Å². The van der Waals surface area contributed by atoms with E-state index in [-0.39, 0.29) is 22.0 Å². The predicted octanol–water partition coefficient (Wildman–Crippen LogP) is 3.61. The van der Waals surface area contributed by atoms with Crippen LogP contribution in [0.1, 0.15) is 19.4 Å². The van der Waals surface area contributed by atoms with Crippen LogP contribution in [0.15, 0.2) is 22.5 Å². The molecule has 2 aromatic rings. The first-order valence-electron chi connectivity index (χ1n) is 6.94. The summed E-state index contributed by atoms with van der Waals surface area (Å²) >= 11 is 6.32. The third kappa shape index (κ3) is 4.83. The molecule has 0 saturated heterocycles. The Kier molecular flexibility index (Phi) is 5.78. The molecule has 0 bridgehead atoms. The van der Waals surface area contributed by atoms with Crippen LogP contribution in [0.3, 0.4) is 0 Å². The summed E-state index contributed by atoms with van der Waals surface area (Å²) in [7, 11) is -4.34. The van der Waals surface area contributed by atoms with E-state index in [9.17, 15) is 26.4 Å². The number of halogens is 4. The zero-order valence-corrected chi connectivity index (χ0v) is 15.6. The van der Waals surface area contributed by atoms with Crippen molar-refractivity contribution in [1.82, 2.24) is 10.2 Å². The molecule has 1 aromatic heterocycles. The molecular formula is C13H12ClF3N4O3S2. The Morgan fingerprint density at radius 1 is 1.27 bits per heavy atom. The Morgan fingerprint density at radius 3 is 2.50 bits per heavy atom. The van der Waals surface area contributed by atoms with Crippen LogP contribution in [-0.2, 0) is 21.0 Å². The lowest BCUT2D eigenvalue weighted by Gasteiger charge is -2.11. The summed E-state index contributed by atoms with van der Waals surface area (Å²) in [4.78, 5) is 11.6. The second-order valence-corrected chi connectivity index (χ2v) is 8.56. The van der Waals surface area contributed by atoms with Gasteiger partial charge < -0.3 is 5.32 Å². The van der Waals surface area contributed by atoms with Gasteiger partial charge in [0.05, 0.1) is 16.3 Å². The lowest BCUT2D eigenvalue weighted by atomic mass is 10.2. The van der Waals surface area contributed by atoms with Crippen molar-refractivity contribution >= 4 is 49.7 Å². The smallest absolute Gasteiger partial charge is 0.300 e. The van der Waals surface area contributed by atoms with E-state index in [0.29, 0.717) is 17.4 Å². The van der Waals surface area contributed by atoms with E-state index in [0.717, 1.165) is 12.1 Å². The Morgan fingerprint density at radius 2 is 1.92 bits per heavy atom. The van der Waals surface area contributed by atoms with Gasteiger partial charge >= 0.3 is 6.18 Å². The highest BCUT2D eigenvalue weighted by Gasteiger charge is 2.32. The first-order valence-corrected chi connectivity index (χ1v) is 9.62. The number of anilines is 2. The summed E-state index contributed by atoms with van der Waals surface area (Å²) < 4.78 is 64.3. The number of nitrogens with zero attached hydrogens (tertiary/aromatic N) is 2. The zero-order chi connectivity index (χ0) is 19.7. The van der Waals surface area contributed by atoms with E-state index in [4.69, 9.17) is 11.6 Å². The number of carbonyl (C=O) groups excluding carboxylic acids is 1. The maximum absolute atomic E-state index is 12.8. The molecular weight excluding hydrogens is 417 g/mol. The van der Waals surface area contributed by atoms with E-state index >= 15 is 0 Å². The Labute approximate surface area is 155 Å². The maximum Gasteiger partial charge on any atom is 0.416 e. The number of rotatable bonds is 5. The SMILES string of the molecule is CC(C)C(=O)Nc1nnc(S(=O)(=O)Nc2cc(C(F)(F)F)ccc2Cl)s1. The first kappa shape index (κ1) is 20.4. The van der Waals surface area contributed by atoms with E-state index < -0.39 is 31.8 Å². The van der Waals surface area contributed by atoms with Crippen LogP contribution in [-0.4, -0.2) is 24.5 Å². The van der Waals surface area contributed by atoms with Crippen LogP contribution in [0.2, 0.25) is 5.02 Å². The third-order valence-electron chi connectivity index (χ3n) is 2.93. The van der Waals surface area contributed by atoms with E-state index in [1.807, 2.05) is 4.72 Å². The molecule has 0 aliphatic carbocycles. The third-order valence-corrected chi connectivity index (χ3v) is 5.83. The van der Waals surface area contributed by atoms with Crippen molar-refractivity contribution in [1.29, 1.82) is 0 Å². The molecule has 1 heterocycles. The van der Waals surface area contributed by atoms with Gasteiger partial charge in [-0.15, -0.1) is 10.2 Å². The van der Waals surface area contributed by atoms with Gasteiger partial charge in [0.1, 0.15) is 0 Å². The normalized spacial score (nSPS) is 12.3. The molecule has 7 nitrogen and oxygen atoms in total. The summed E-state index contributed by atoms with van der Waals surface area (Å²) in [6, 6.07) is 2.23. The molecule has 0 aliphatic rings. The molecule has 0 radical (unpaired) electrons. The number of hydrogen-bond acceptors (Lipinski definition) is 6. The molecule has 0 saturated carbocycles. The molecule has 142 valence electrons. The fourth-order valence-corrected chi connectivity index (χ4v) is 3.78. The van der Waals surface area contributed by atoms with Gasteiger partial charge in [-0.1, -0.05) is 36.8 Å². The highest BCUT2D eigenvalue weighted by molar-refractivity contribution is 7.94. The zero-order valence-electron chi connectivity index (χ0n) is 13.3. The fourth-order valence-electron chi connectivity index (χ4n) is 1.59. The van der Waals surface area contributed by atoms with Crippen molar-refractivity contribution in [2.75, 3.05) is 10.0 Å². The summed E-state index contributed by atoms with van der Waals surface area (Å²) in [6.45, 7) is 3.26. The molecule has 26 heavy (non-hydrogen) atoms. The van der Waals surface area contributed by atoms with Gasteiger partial charge in [-0.3, -0.25) is 9.52 Å². The number of carbonyl (C=O) groups is 1. The minimum atomic E-state index is -4.66. The summed E-state index contributed by atoms with van der Waals surface area (Å²) in [5, 5.41) is 9.06. The first-order chi connectivity index (χ1) is 11.9. The van der Waals surface area contributed by atoms with Crippen molar-refractivity contribution in [3.63, 3.8) is 0 Å². The average molecular weight is 429 g/mol. The van der Waals surface area contributed by atoms with Crippen molar-refractivity contribution in [3.05, 3.63) is 28.8 Å². The van der Waals surface area contributed by atoms with Crippen LogP contribution in [0, 0.1) is 5.92 Å². The standard InChI is InChI=1S/C13H12ClF3N4O3S2/c1-6(2)10(22)18-11-19-20-12(25-11)26(23,24)21-9-5-7(13(15,16)17)3-4-8(9)14/h3-6,21H,1-2H3,(H,18,19,22). The number of benzene rings is 1. The number of hydrogen-bond donors (Lipinski definition) is 2. The van der Waals surface area contributed by atoms with Crippen LogP contribution >= 0.6 is 22.9 Å². The predicted molar refractivity (Wildman–Crippen MR) is 90.6 cm³/mol. The number of nitrogens with one attached hydrogen (secondary N) is 2. The molecule has 0 spiro atoms. The van der Waals surface area contributed by atoms with Gasteiger partial charge in [-0.25, -0.2) is 0 Å². The minimum absolute atomic E-state index is 0.0563. The number of amides is 1. The van der Waals surface area contributed by atoms with Gasteiger partial charge in [0.25, 0.3) is 14.4 Å². The summed E-state index contributed by atoms with van der Waals surface area (Å²) in [5.74, 6) is -0.750. The monoisotopic (exact) mass is 428 g/mol. The molecule has 13 heteroatoms. The average Bonchev–Trinajstić information content (AvgIpc) is 2.97. The molecule has 1 amide bonds. The lowest BCUT2D eigenvalue weighted by molar-refractivity contribution is -0.137. The molecule has 1 aromatic carbocycles. The molecule has 0 aliphatic heterocycles. The van der Waals surface area contributed by atoms with Crippen LogP contribution in [0.25, 0.3) is 0 Å². The van der Waals surface area contributed by atoms with E-state index in [1.54, 1.807) is 13.8 Å². The van der Waals surface area contributed by atoms with Gasteiger partial charge in [0.2, 0.25) is 11.0 Å². The van der Waals surface area contributed by atoms with E-state index in [2.05, 4.69) is 15.5 Å². The molecule has 2 N–H and O–H groups in total. The highest BCUT2D eigenvalue weighted by Crippen LogP contribution is 2.35. The highest BCUT2D eigenvalue weighted by atomic mass is 35.5. The van der Waals surface area contributed by atoms with Crippen molar-refractivity contribution in [2.45, 2.75) is 24.4 Å². The topological polar surface area (TPSA) is 101 Å². The van der Waals surface area contributed by atoms with E-state index in [1.165, 1.54) is 0 Å². The number of aromatic nitrogens is 2. The molecule has 0 fully saturated rings. The molecule has 0 atom stereocenters. The Balaban J connectivity index is 2.27. The van der Waals surface area contributed by atoms with Crippen molar-refractivity contribution < 1.29 is 26.4 Å². The van der Waals surface area contributed by atoms with Crippen LogP contribution in [0.4, 0.5) is 24.0 Å². The van der Waals surface area contributed by atoms with Crippen LogP contribution in [0.5, 0.6) is 0 Å². The Hall–Kier alpha value is -1.92. The molecule has 0 unspecified atom stereocenters. The number of alkyl halides is 3. The van der Waals surface area contributed by atoms with Gasteiger partial charge in [-0.05, 0) is 18.2 Å². The van der Waals surface area contributed by atoms with Gasteiger partial charge in [0, 0.05) is 5.92 Å². The lowest BCUT2D eigenvalue weighted by Crippen LogP contribution is -2.17. The van der Waals surface area contributed by atoms with Gasteiger partial charge in [0.15, 0.2) is 0 Å². The van der Waals surface area contributed by atoms with Gasteiger partial charge in [-0.2, -0.15) is 21.6 Å². The number of sulfonamides is 1. The fraction of sp³-hybridized carbons (Fsp3) is 0.308. The van der Waals surface area contributed by atoms with Crippen molar-refractivity contribution in [2.24, 2.45) is 5.92 Å². The maximum atomic E-state index is 12.8. The second-order valence-electron chi connectivity index (χ2n) is 5.31. The second kappa shape index (κ2) is 7.37. The Bertz CT molecular complexity index is 929. The largest absolute Gasteiger partial charge is 0.416 e.